The summed E-state index contributed by atoms with van der Waals surface area (Å²) in [6.45, 7) is 3.43. The van der Waals surface area contributed by atoms with Gasteiger partial charge in [0, 0.05) is 36.3 Å². The molecule has 0 spiro atoms. The normalized spacial score (nSPS) is 17.5. The van der Waals surface area contributed by atoms with Gasteiger partial charge in [0.15, 0.2) is 0 Å². The maximum absolute atomic E-state index is 12.5. The standard InChI is InChI=1S/C25H31N7O2S/c1-16(26)29-24(27)23-22(17-6-3-2-4-7-17)31-25(35-23)18-9-11-28-20(14-18)30-21(34)10-13-32-12-5-8-19(32)15-33/h2-4,6-7,9,11,14,16,19,33H,5,8,10,12-13,15,26H2,1H3,(H2,27,29)(H,28,30,34). The molecule has 9 nitrogen and oxygen atoms in total. The molecule has 1 amide bonds. The Morgan fingerprint density at radius 2 is 2.11 bits per heavy atom. The highest BCUT2D eigenvalue weighted by Crippen LogP contribution is 2.34. The van der Waals surface area contributed by atoms with Crippen molar-refractivity contribution < 1.29 is 9.90 Å². The first-order valence-electron chi connectivity index (χ1n) is 11.7. The Hall–Kier alpha value is -3.18. The molecule has 10 heteroatoms. The molecule has 0 saturated carbocycles. The highest BCUT2D eigenvalue weighted by atomic mass is 32.1. The summed E-state index contributed by atoms with van der Waals surface area (Å²) in [5, 5.41) is 13.1. The van der Waals surface area contributed by atoms with Gasteiger partial charge in [0.25, 0.3) is 0 Å². The predicted octanol–water partition coefficient (Wildman–Crippen LogP) is 2.67. The zero-order valence-corrected chi connectivity index (χ0v) is 20.5. The minimum absolute atomic E-state index is 0.114. The molecule has 3 heterocycles. The SMILES string of the molecule is CC(N)/N=C(\N)c1sc(-c2ccnc(NC(=O)CCN3CCCC3CO)c2)nc1-c1ccccc1. The van der Waals surface area contributed by atoms with Crippen molar-refractivity contribution in [1.82, 2.24) is 14.9 Å². The number of pyridine rings is 1. The van der Waals surface area contributed by atoms with E-state index < -0.39 is 6.17 Å². The molecule has 1 fully saturated rings. The van der Waals surface area contributed by atoms with E-state index in [4.69, 9.17) is 16.5 Å². The van der Waals surface area contributed by atoms with Crippen molar-refractivity contribution in [3.63, 3.8) is 0 Å². The summed E-state index contributed by atoms with van der Waals surface area (Å²) in [6.07, 6.45) is 3.58. The largest absolute Gasteiger partial charge is 0.395 e. The van der Waals surface area contributed by atoms with Crippen molar-refractivity contribution in [2.75, 3.05) is 25.0 Å². The van der Waals surface area contributed by atoms with E-state index >= 15 is 0 Å². The van der Waals surface area contributed by atoms with Crippen molar-refractivity contribution in [2.24, 2.45) is 16.5 Å². The first-order valence-corrected chi connectivity index (χ1v) is 12.5. The van der Waals surface area contributed by atoms with Crippen molar-refractivity contribution in [3.8, 4) is 21.8 Å². The molecule has 1 aromatic carbocycles. The summed E-state index contributed by atoms with van der Waals surface area (Å²) in [5.74, 6) is 0.687. The van der Waals surface area contributed by atoms with Crippen molar-refractivity contribution in [3.05, 3.63) is 53.5 Å². The zero-order chi connectivity index (χ0) is 24.8. The number of nitrogens with two attached hydrogens (primary N) is 2. The number of hydrogen-bond donors (Lipinski definition) is 4. The number of aromatic nitrogens is 2. The van der Waals surface area contributed by atoms with E-state index in [1.807, 2.05) is 36.4 Å². The fourth-order valence-electron chi connectivity index (χ4n) is 4.17. The molecular weight excluding hydrogens is 462 g/mol. The first kappa shape index (κ1) is 24.9. The molecule has 2 unspecified atom stereocenters. The van der Waals surface area contributed by atoms with Crippen LogP contribution in [-0.2, 0) is 4.79 Å². The zero-order valence-electron chi connectivity index (χ0n) is 19.7. The van der Waals surface area contributed by atoms with Gasteiger partial charge in [-0.3, -0.25) is 9.69 Å². The van der Waals surface area contributed by atoms with Crippen LogP contribution in [-0.4, -0.2) is 63.6 Å². The number of amides is 1. The van der Waals surface area contributed by atoms with Crippen LogP contribution in [0.3, 0.4) is 0 Å². The van der Waals surface area contributed by atoms with Gasteiger partial charge in [0.1, 0.15) is 16.7 Å². The molecule has 1 aliphatic rings. The molecule has 4 rings (SSSR count). The molecule has 35 heavy (non-hydrogen) atoms. The minimum Gasteiger partial charge on any atom is -0.395 e. The van der Waals surface area contributed by atoms with E-state index in [0.717, 1.165) is 46.1 Å². The van der Waals surface area contributed by atoms with Crippen molar-refractivity contribution in [2.45, 2.75) is 38.4 Å². The molecule has 2 atom stereocenters. The van der Waals surface area contributed by atoms with E-state index in [-0.39, 0.29) is 18.6 Å². The molecule has 0 aliphatic carbocycles. The molecule has 0 bridgehead atoms. The summed E-state index contributed by atoms with van der Waals surface area (Å²) in [4.78, 5) is 28.9. The maximum Gasteiger partial charge on any atom is 0.226 e. The van der Waals surface area contributed by atoms with Gasteiger partial charge in [-0.05, 0) is 38.4 Å². The number of benzene rings is 1. The van der Waals surface area contributed by atoms with E-state index in [1.54, 1.807) is 19.2 Å². The fraction of sp³-hybridized carbons (Fsp3) is 0.360. The third-order valence-corrected chi connectivity index (χ3v) is 6.99. The second kappa shape index (κ2) is 11.5. The number of aliphatic hydroxyl groups excluding tert-OH is 1. The van der Waals surface area contributed by atoms with Gasteiger partial charge in [-0.2, -0.15) is 0 Å². The lowest BCUT2D eigenvalue weighted by Gasteiger charge is -2.22. The fourth-order valence-corrected chi connectivity index (χ4v) is 5.16. The molecule has 184 valence electrons. The minimum atomic E-state index is -0.430. The van der Waals surface area contributed by atoms with Gasteiger partial charge < -0.3 is 21.9 Å². The number of nitrogens with zero attached hydrogens (tertiary/aromatic N) is 4. The smallest absolute Gasteiger partial charge is 0.226 e. The second-order valence-corrected chi connectivity index (χ2v) is 9.56. The number of carbonyl (C=O) groups is 1. The molecule has 2 aromatic heterocycles. The van der Waals surface area contributed by atoms with Crippen LogP contribution in [0.15, 0.2) is 53.7 Å². The third kappa shape index (κ3) is 6.29. The van der Waals surface area contributed by atoms with E-state index in [1.165, 1.54) is 11.3 Å². The summed E-state index contributed by atoms with van der Waals surface area (Å²) in [6, 6.07) is 13.6. The summed E-state index contributed by atoms with van der Waals surface area (Å²) >= 11 is 1.42. The lowest BCUT2D eigenvalue weighted by molar-refractivity contribution is -0.116. The number of rotatable bonds is 9. The Morgan fingerprint density at radius 3 is 2.86 bits per heavy atom. The van der Waals surface area contributed by atoms with Crippen LogP contribution < -0.4 is 16.8 Å². The molecule has 3 aromatic rings. The molecule has 1 aliphatic heterocycles. The van der Waals surface area contributed by atoms with E-state index in [0.29, 0.717) is 24.6 Å². The van der Waals surface area contributed by atoms with Crippen LogP contribution in [0.25, 0.3) is 21.8 Å². The first-order chi connectivity index (χ1) is 16.9. The highest BCUT2D eigenvalue weighted by Gasteiger charge is 2.24. The van der Waals surface area contributed by atoms with Gasteiger partial charge in [0.05, 0.1) is 23.3 Å². The number of likely N-dealkylation sites (tertiary alicyclic amines) is 1. The number of hydrogen-bond acceptors (Lipinski definition) is 8. The molecular formula is C25H31N7O2S. The third-order valence-electron chi connectivity index (χ3n) is 5.86. The quantitative estimate of drug-likeness (QED) is 0.265. The highest BCUT2D eigenvalue weighted by molar-refractivity contribution is 7.17. The Kier molecular flexibility index (Phi) is 8.19. The van der Waals surface area contributed by atoms with E-state index in [2.05, 4.69) is 20.2 Å². The Balaban J connectivity index is 1.53. The van der Waals surface area contributed by atoms with Crippen LogP contribution in [0.4, 0.5) is 5.82 Å². The van der Waals surface area contributed by atoms with Crippen LogP contribution in [0.2, 0.25) is 0 Å². The van der Waals surface area contributed by atoms with Crippen LogP contribution in [0.1, 0.15) is 31.1 Å². The number of anilines is 1. The van der Waals surface area contributed by atoms with Crippen LogP contribution in [0.5, 0.6) is 0 Å². The van der Waals surface area contributed by atoms with Gasteiger partial charge in [-0.1, -0.05) is 30.3 Å². The van der Waals surface area contributed by atoms with Gasteiger partial charge in [0.2, 0.25) is 5.91 Å². The Labute approximate surface area is 208 Å². The number of amidine groups is 1. The monoisotopic (exact) mass is 493 g/mol. The predicted molar refractivity (Wildman–Crippen MR) is 140 cm³/mol. The lowest BCUT2D eigenvalue weighted by atomic mass is 10.1. The summed E-state index contributed by atoms with van der Waals surface area (Å²) in [7, 11) is 0. The number of carbonyl (C=O) groups excluding carboxylic acids is 1. The van der Waals surface area contributed by atoms with E-state index in [9.17, 15) is 9.90 Å². The van der Waals surface area contributed by atoms with Crippen LogP contribution in [0, 0.1) is 0 Å². The van der Waals surface area contributed by atoms with Gasteiger partial charge in [-0.15, -0.1) is 11.3 Å². The van der Waals surface area contributed by atoms with Crippen LogP contribution >= 0.6 is 11.3 Å². The lowest BCUT2D eigenvalue weighted by Crippen LogP contribution is -2.34. The van der Waals surface area contributed by atoms with Gasteiger partial charge >= 0.3 is 0 Å². The Morgan fingerprint density at radius 1 is 1.31 bits per heavy atom. The Bertz CT molecular complexity index is 1180. The average Bonchev–Trinajstić information content (AvgIpc) is 3.50. The molecule has 0 radical (unpaired) electrons. The molecule has 6 N–H and O–H groups in total. The summed E-state index contributed by atoms with van der Waals surface area (Å²) in [5.41, 5.74) is 14.6. The number of thiazole rings is 1. The number of aliphatic imine (C=N–C) groups is 1. The second-order valence-electron chi connectivity index (χ2n) is 8.56. The number of nitrogens with one attached hydrogen (secondary N) is 1. The van der Waals surface area contributed by atoms with Crippen molar-refractivity contribution >= 4 is 28.9 Å². The topological polar surface area (TPSA) is 143 Å². The van der Waals surface area contributed by atoms with Crippen molar-refractivity contribution in [1.29, 1.82) is 0 Å². The maximum atomic E-state index is 12.5. The summed E-state index contributed by atoms with van der Waals surface area (Å²) < 4.78 is 0. The molecule has 1 saturated heterocycles. The average molecular weight is 494 g/mol. The van der Waals surface area contributed by atoms with Gasteiger partial charge in [-0.25, -0.2) is 15.0 Å². The number of aliphatic hydroxyl groups is 1.